The summed E-state index contributed by atoms with van der Waals surface area (Å²) in [4.78, 5) is 26.4. The van der Waals surface area contributed by atoms with Gasteiger partial charge in [0.15, 0.2) is 6.61 Å². The highest BCUT2D eigenvalue weighted by Gasteiger charge is 2.26. The summed E-state index contributed by atoms with van der Waals surface area (Å²) in [5, 5.41) is 3.19. The number of nitrogens with one attached hydrogen (secondary N) is 1. The molecule has 0 aliphatic carbocycles. The first-order valence-electron chi connectivity index (χ1n) is 8.36. The third kappa shape index (κ3) is 5.23. The van der Waals surface area contributed by atoms with Crippen molar-refractivity contribution in [1.82, 2.24) is 10.2 Å². The van der Waals surface area contributed by atoms with Gasteiger partial charge in [-0.15, -0.1) is 0 Å². The molecule has 0 aliphatic heterocycles. The summed E-state index contributed by atoms with van der Waals surface area (Å²) in [6.07, 6.45) is 0. The number of rotatable bonds is 7. The number of carbonyl (C=O) groups excluding carboxylic acids is 2. The van der Waals surface area contributed by atoms with Crippen LogP contribution in [0.1, 0.15) is 18.1 Å². The molecule has 0 fully saturated rings. The van der Waals surface area contributed by atoms with Crippen molar-refractivity contribution in [2.24, 2.45) is 0 Å². The van der Waals surface area contributed by atoms with Crippen LogP contribution in [0.2, 0.25) is 5.02 Å². The predicted molar refractivity (Wildman–Crippen MR) is 102 cm³/mol. The maximum Gasteiger partial charge on any atom is 0.261 e. The van der Waals surface area contributed by atoms with Gasteiger partial charge in [0.2, 0.25) is 5.91 Å². The molecule has 1 N–H and O–H groups in total. The molecule has 0 bridgehead atoms. The summed E-state index contributed by atoms with van der Waals surface area (Å²) in [5.74, 6) is 0.0592. The largest absolute Gasteiger partial charge is 0.484 e. The van der Waals surface area contributed by atoms with Crippen LogP contribution in [0, 0.1) is 6.92 Å². The predicted octanol–water partition coefficient (Wildman–Crippen LogP) is 3.19. The maximum absolute atomic E-state index is 12.8. The van der Waals surface area contributed by atoms with Crippen LogP contribution >= 0.6 is 11.6 Å². The number of nitrogens with zero attached hydrogens (tertiary/aromatic N) is 1. The standard InChI is InChI=1S/C20H23ClN2O3/c1-14-6-4-5-7-16(14)12-23(15(2)20(25)22-3)19(24)13-26-18-10-8-17(21)9-11-18/h4-11,15H,12-13H2,1-3H3,(H,22,25). The van der Waals surface area contributed by atoms with E-state index < -0.39 is 6.04 Å². The Labute approximate surface area is 158 Å². The Morgan fingerprint density at radius 2 is 1.81 bits per heavy atom. The molecule has 1 atom stereocenters. The van der Waals surface area contributed by atoms with Crippen molar-refractivity contribution >= 4 is 23.4 Å². The zero-order chi connectivity index (χ0) is 19.1. The van der Waals surface area contributed by atoms with E-state index in [1.165, 1.54) is 4.90 Å². The van der Waals surface area contributed by atoms with Gasteiger partial charge in [0.1, 0.15) is 11.8 Å². The van der Waals surface area contributed by atoms with E-state index in [-0.39, 0.29) is 18.4 Å². The van der Waals surface area contributed by atoms with Crippen LogP contribution in [0.5, 0.6) is 5.75 Å². The fraction of sp³-hybridized carbons (Fsp3) is 0.300. The molecule has 26 heavy (non-hydrogen) atoms. The lowest BCUT2D eigenvalue weighted by atomic mass is 10.1. The third-order valence-electron chi connectivity index (χ3n) is 4.19. The van der Waals surface area contributed by atoms with Gasteiger partial charge in [-0.1, -0.05) is 35.9 Å². The second-order valence-electron chi connectivity index (χ2n) is 5.98. The second-order valence-corrected chi connectivity index (χ2v) is 6.42. The highest BCUT2D eigenvalue weighted by Crippen LogP contribution is 2.17. The molecule has 2 rings (SSSR count). The number of carbonyl (C=O) groups is 2. The number of likely N-dealkylation sites (N-methyl/N-ethyl adjacent to an activating group) is 1. The van der Waals surface area contributed by atoms with E-state index in [0.29, 0.717) is 17.3 Å². The van der Waals surface area contributed by atoms with Crippen molar-refractivity contribution in [1.29, 1.82) is 0 Å². The van der Waals surface area contributed by atoms with E-state index in [0.717, 1.165) is 11.1 Å². The van der Waals surface area contributed by atoms with Crippen LogP contribution in [0.25, 0.3) is 0 Å². The molecule has 0 radical (unpaired) electrons. The first kappa shape index (κ1) is 19.8. The van der Waals surface area contributed by atoms with Crippen molar-refractivity contribution in [3.8, 4) is 5.75 Å². The Morgan fingerprint density at radius 3 is 2.42 bits per heavy atom. The van der Waals surface area contributed by atoms with E-state index in [4.69, 9.17) is 16.3 Å². The number of ether oxygens (including phenoxy) is 1. The lowest BCUT2D eigenvalue weighted by molar-refractivity contribution is -0.142. The molecular weight excluding hydrogens is 352 g/mol. The van der Waals surface area contributed by atoms with Crippen LogP contribution < -0.4 is 10.1 Å². The fourth-order valence-electron chi connectivity index (χ4n) is 2.52. The first-order chi connectivity index (χ1) is 12.4. The minimum absolute atomic E-state index is 0.158. The van der Waals surface area contributed by atoms with Gasteiger partial charge in [-0.3, -0.25) is 9.59 Å². The van der Waals surface area contributed by atoms with Crippen LogP contribution in [-0.2, 0) is 16.1 Å². The summed E-state index contributed by atoms with van der Waals surface area (Å²) in [6, 6.07) is 14.0. The number of benzene rings is 2. The molecule has 0 spiro atoms. The van der Waals surface area contributed by atoms with Gasteiger partial charge in [-0.2, -0.15) is 0 Å². The quantitative estimate of drug-likeness (QED) is 0.809. The van der Waals surface area contributed by atoms with Crippen LogP contribution in [0.3, 0.4) is 0 Å². The molecule has 5 nitrogen and oxygen atoms in total. The summed E-state index contributed by atoms with van der Waals surface area (Å²) >= 11 is 5.85. The van der Waals surface area contributed by atoms with E-state index in [2.05, 4.69) is 5.32 Å². The average molecular weight is 375 g/mol. The van der Waals surface area contributed by atoms with Crippen molar-refractivity contribution in [2.75, 3.05) is 13.7 Å². The molecule has 0 saturated heterocycles. The third-order valence-corrected chi connectivity index (χ3v) is 4.44. The molecule has 0 heterocycles. The lowest BCUT2D eigenvalue weighted by Gasteiger charge is -2.28. The average Bonchev–Trinajstić information content (AvgIpc) is 2.65. The number of aryl methyl sites for hydroxylation is 1. The number of amides is 2. The topological polar surface area (TPSA) is 58.6 Å². The summed E-state index contributed by atoms with van der Waals surface area (Å²) < 4.78 is 5.55. The van der Waals surface area contributed by atoms with Crippen molar-refractivity contribution in [2.45, 2.75) is 26.4 Å². The highest BCUT2D eigenvalue weighted by molar-refractivity contribution is 6.30. The zero-order valence-electron chi connectivity index (χ0n) is 15.2. The molecule has 0 saturated carbocycles. The molecule has 2 aromatic carbocycles. The molecule has 0 aromatic heterocycles. The van der Waals surface area contributed by atoms with E-state index in [9.17, 15) is 9.59 Å². The van der Waals surface area contributed by atoms with Gasteiger partial charge in [0, 0.05) is 18.6 Å². The van der Waals surface area contributed by atoms with Crippen LogP contribution in [0.4, 0.5) is 0 Å². The Hall–Kier alpha value is -2.53. The van der Waals surface area contributed by atoms with Crippen molar-refractivity contribution in [3.63, 3.8) is 0 Å². The number of hydrogen-bond donors (Lipinski definition) is 1. The number of hydrogen-bond acceptors (Lipinski definition) is 3. The lowest BCUT2D eigenvalue weighted by Crippen LogP contribution is -2.48. The van der Waals surface area contributed by atoms with Gasteiger partial charge in [0.25, 0.3) is 5.91 Å². The minimum Gasteiger partial charge on any atom is -0.484 e. The van der Waals surface area contributed by atoms with E-state index in [1.807, 2.05) is 31.2 Å². The monoisotopic (exact) mass is 374 g/mol. The molecular formula is C20H23ClN2O3. The molecule has 2 amide bonds. The molecule has 6 heteroatoms. The maximum atomic E-state index is 12.8. The minimum atomic E-state index is -0.610. The Balaban J connectivity index is 2.13. The Kier molecular flexibility index (Phi) is 7.04. The zero-order valence-corrected chi connectivity index (χ0v) is 15.9. The van der Waals surface area contributed by atoms with Crippen LogP contribution in [0.15, 0.2) is 48.5 Å². The number of halogens is 1. The smallest absolute Gasteiger partial charge is 0.261 e. The van der Waals surface area contributed by atoms with Gasteiger partial charge in [0.05, 0.1) is 0 Å². The van der Waals surface area contributed by atoms with E-state index in [1.54, 1.807) is 38.2 Å². The van der Waals surface area contributed by atoms with E-state index >= 15 is 0 Å². The summed E-state index contributed by atoms with van der Waals surface area (Å²) in [5.41, 5.74) is 2.05. The highest BCUT2D eigenvalue weighted by atomic mass is 35.5. The molecule has 1 unspecified atom stereocenters. The Bertz CT molecular complexity index is 762. The SMILES string of the molecule is CNC(=O)C(C)N(Cc1ccccc1C)C(=O)COc1ccc(Cl)cc1. The Morgan fingerprint density at radius 1 is 1.15 bits per heavy atom. The second kappa shape index (κ2) is 9.25. The van der Waals surface area contributed by atoms with Gasteiger partial charge in [-0.05, 0) is 49.2 Å². The normalized spacial score (nSPS) is 11.5. The van der Waals surface area contributed by atoms with Crippen molar-refractivity contribution < 1.29 is 14.3 Å². The first-order valence-corrected chi connectivity index (χ1v) is 8.74. The summed E-state index contributed by atoms with van der Waals surface area (Å²) in [7, 11) is 1.56. The molecule has 2 aromatic rings. The van der Waals surface area contributed by atoms with Crippen molar-refractivity contribution in [3.05, 3.63) is 64.7 Å². The van der Waals surface area contributed by atoms with Gasteiger partial charge >= 0.3 is 0 Å². The van der Waals surface area contributed by atoms with Gasteiger partial charge < -0.3 is 15.0 Å². The van der Waals surface area contributed by atoms with Crippen LogP contribution in [-0.4, -0.2) is 36.4 Å². The summed E-state index contributed by atoms with van der Waals surface area (Å²) in [6.45, 7) is 3.86. The molecule has 138 valence electrons. The fourth-order valence-corrected chi connectivity index (χ4v) is 2.65. The molecule has 0 aliphatic rings. The van der Waals surface area contributed by atoms with Gasteiger partial charge in [-0.25, -0.2) is 0 Å².